The maximum atomic E-state index is 13.2. The van der Waals surface area contributed by atoms with E-state index in [0.717, 1.165) is 10.9 Å². The third-order valence-electron chi connectivity index (χ3n) is 5.36. The molecule has 0 bridgehead atoms. The van der Waals surface area contributed by atoms with Crippen LogP contribution in [0.3, 0.4) is 0 Å². The van der Waals surface area contributed by atoms with Crippen molar-refractivity contribution in [2.24, 2.45) is 0 Å². The van der Waals surface area contributed by atoms with Crippen molar-refractivity contribution in [2.75, 3.05) is 18.6 Å². The van der Waals surface area contributed by atoms with E-state index in [0.29, 0.717) is 22.7 Å². The maximum absolute atomic E-state index is 13.2. The van der Waals surface area contributed by atoms with Crippen LogP contribution in [0.4, 0.5) is 5.69 Å². The van der Waals surface area contributed by atoms with Gasteiger partial charge in [0.15, 0.2) is 0 Å². The highest BCUT2D eigenvalue weighted by atomic mass is 16.5. The Kier molecular flexibility index (Phi) is 5.32. The van der Waals surface area contributed by atoms with Crippen molar-refractivity contribution in [2.45, 2.75) is 6.04 Å². The topological polar surface area (TPSA) is 93.7 Å². The van der Waals surface area contributed by atoms with Crippen LogP contribution in [-0.4, -0.2) is 41.5 Å². The molecule has 4 aromatic rings. The molecule has 0 aliphatic carbocycles. The quantitative estimate of drug-likeness (QED) is 0.521. The molecule has 2 aromatic carbocycles. The second-order valence-corrected chi connectivity index (χ2v) is 7.51. The first-order valence-electron chi connectivity index (χ1n) is 10.4. The second-order valence-electron chi connectivity index (χ2n) is 7.51. The highest BCUT2D eigenvalue weighted by Gasteiger charge is 2.32. The van der Waals surface area contributed by atoms with E-state index in [1.165, 1.54) is 17.2 Å². The van der Waals surface area contributed by atoms with Crippen LogP contribution in [0.5, 0.6) is 17.4 Å². The fourth-order valence-corrected chi connectivity index (χ4v) is 3.73. The zero-order valence-electron chi connectivity index (χ0n) is 17.8. The van der Waals surface area contributed by atoms with Gasteiger partial charge < -0.3 is 19.7 Å². The van der Waals surface area contributed by atoms with Gasteiger partial charge in [0.1, 0.15) is 24.1 Å². The molecule has 0 fully saturated rings. The standard InChI is InChI=1S/C25H20N4O4/c1-29-23-18-8-5-12-26-19(18)9-10-21(23)32-15-20(25(29)31)28-24(30)16-11-13-27-22(14-16)33-17-6-3-2-4-7-17/h2-14,20H,15H2,1H3,(H,28,30)/t20-/m0/s1. The molecule has 8 nitrogen and oxygen atoms in total. The molecule has 0 saturated carbocycles. The average Bonchev–Trinajstić information content (AvgIpc) is 2.97. The molecule has 0 spiro atoms. The fourth-order valence-electron chi connectivity index (χ4n) is 3.73. The highest BCUT2D eigenvalue weighted by Crippen LogP contribution is 2.37. The summed E-state index contributed by atoms with van der Waals surface area (Å²) >= 11 is 0. The first kappa shape index (κ1) is 20.4. The number of ether oxygens (including phenoxy) is 2. The fraction of sp³-hybridized carbons (Fsp3) is 0.120. The van der Waals surface area contributed by atoms with Crippen LogP contribution < -0.4 is 19.7 Å². The third kappa shape index (κ3) is 4.06. The van der Waals surface area contributed by atoms with Gasteiger partial charge in [-0.3, -0.25) is 14.6 Å². The Balaban J connectivity index is 1.36. The molecule has 5 rings (SSSR count). The van der Waals surface area contributed by atoms with Crippen molar-refractivity contribution in [3.8, 4) is 17.4 Å². The molecular weight excluding hydrogens is 420 g/mol. The molecular formula is C25H20N4O4. The summed E-state index contributed by atoms with van der Waals surface area (Å²) in [6.07, 6.45) is 3.18. The molecule has 3 heterocycles. The molecule has 2 aromatic heterocycles. The minimum atomic E-state index is -0.867. The van der Waals surface area contributed by atoms with Crippen molar-refractivity contribution in [1.29, 1.82) is 0 Å². The summed E-state index contributed by atoms with van der Waals surface area (Å²) in [4.78, 5) is 36.1. The minimum absolute atomic E-state index is 0.00609. The number of rotatable bonds is 4. The Morgan fingerprint density at radius 2 is 1.91 bits per heavy atom. The summed E-state index contributed by atoms with van der Waals surface area (Å²) in [5.41, 5.74) is 1.71. The van der Waals surface area contributed by atoms with E-state index < -0.39 is 11.9 Å². The van der Waals surface area contributed by atoms with Gasteiger partial charge in [-0.25, -0.2) is 4.98 Å². The molecule has 0 radical (unpaired) electrons. The molecule has 1 aliphatic rings. The van der Waals surface area contributed by atoms with Crippen molar-refractivity contribution in [1.82, 2.24) is 15.3 Å². The minimum Gasteiger partial charge on any atom is -0.489 e. The van der Waals surface area contributed by atoms with Gasteiger partial charge >= 0.3 is 0 Å². The van der Waals surface area contributed by atoms with Gasteiger partial charge in [-0.2, -0.15) is 0 Å². The Morgan fingerprint density at radius 3 is 2.76 bits per heavy atom. The lowest BCUT2D eigenvalue weighted by molar-refractivity contribution is -0.120. The van der Waals surface area contributed by atoms with E-state index in [1.54, 1.807) is 37.5 Å². The number of likely N-dealkylation sites (N-methyl/N-ethyl adjacent to an activating group) is 1. The molecule has 1 atom stereocenters. The normalized spacial score (nSPS) is 15.4. The number of hydrogen-bond acceptors (Lipinski definition) is 6. The molecule has 8 heteroatoms. The monoisotopic (exact) mass is 440 g/mol. The van der Waals surface area contributed by atoms with Gasteiger partial charge in [0, 0.05) is 36.5 Å². The number of para-hydroxylation sites is 1. The zero-order chi connectivity index (χ0) is 22.8. The summed E-state index contributed by atoms with van der Waals surface area (Å²) in [5.74, 6) is 0.735. The summed E-state index contributed by atoms with van der Waals surface area (Å²) < 4.78 is 11.6. The lowest BCUT2D eigenvalue weighted by Crippen LogP contribution is -2.49. The number of carbonyl (C=O) groups excluding carboxylic acids is 2. The first-order chi connectivity index (χ1) is 16.1. The SMILES string of the molecule is CN1C(=O)[C@@H](NC(=O)c2ccnc(Oc3ccccc3)c2)COc2ccc3ncccc3c21. The predicted octanol–water partition coefficient (Wildman–Crippen LogP) is 3.58. The molecule has 164 valence electrons. The summed E-state index contributed by atoms with van der Waals surface area (Å²) in [6.45, 7) is 0.00609. The molecule has 0 saturated heterocycles. The zero-order valence-corrected chi connectivity index (χ0v) is 17.8. The number of nitrogens with zero attached hydrogens (tertiary/aromatic N) is 3. The molecule has 1 N–H and O–H groups in total. The number of amides is 2. The Labute approximate surface area is 189 Å². The van der Waals surface area contributed by atoms with Crippen LogP contribution >= 0.6 is 0 Å². The van der Waals surface area contributed by atoms with Gasteiger partial charge in [-0.1, -0.05) is 18.2 Å². The van der Waals surface area contributed by atoms with Gasteiger partial charge in [0.05, 0.1) is 11.2 Å². The van der Waals surface area contributed by atoms with E-state index in [1.807, 2.05) is 36.4 Å². The van der Waals surface area contributed by atoms with Gasteiger partial charge in [-0.05, 0) is 42.5 Å². The van der Waals surface area contributed by atoms with Gasteiger partial charge in [-0.15, -0.1) is 0 Å². The number of fused-ring (bicyclic) bond motifs is 3. The van der Waals surface area contributed by atoms with Crippen LogP contribution in [0.25, 0.3) is 10.9 Å². The third-order valence-corrected chi connectivity index (χ3v) is 5.36. The van der Waals surface area contributed by atoms with Crippen LogP contribution in [-0.2, 0) is 4.79 Å². The van der Waals surface area contributed by atoms with Gasteiger partial charge in [0.25, 0.3) is 11.8 Å². The van der Waals surface area contributed by atoms with E-state index >= 15 is 0 Å². The maximum Gasteiger partial charge on any atom is 0.252 e. The van der Waals surface area contributed by atoms with Crippen LogP contribution in [0.1, 0.15) is 10.4 Å². The molecule has 2 amide bonds. The number of hydrogen-bond donors (Lipinski definition) is 1. The van der Waals surface area contributed by atoms with Gasteiger partial charge in [0.2, 0.25) is 5.88 Å². The lowest BCUT2D eigenvalue weighted by atomic mass is 10.1. The number of aromatic nitrogens is 2. The smallest absolute Gasteiger partial charge is 0.252 e. The lowest BCUT2D eigenvalue weighted by Gasteiger charge is -2.21. The summed E-state index contributed by atoms with van der Waals surface area (Å²) in [7, 11) is 1.67. The predicted molar refractivity (Wildman–Crippen MR) is 123 cm³/mol. The van der Waals surface area contributed by atoms with Crippen LogP contribution in [0.2, 0.25) is 0 Å². The van der Waals surface area contributed by atoms with Crippen LogP contribution in [0.15, 0.2) is 79.1 Å². The summed E-state index contributed by atoms with van der Waals surface area (Å²) in [6, 6.07) is 18.7. The molecule has 33 heavy (non-hydrogen) atoms. The second kappa shape index (κ2) is 8.58. The Morgan fingerprint density at radius 1 is 1.06 bits per heavy atom. The number of benzene rings is 2. The van der Waals surface area contributed by atoms with E-state index in [2.05, 4.69) is 15.3 Å². The van der Waals surface area contributed by atoms with E-state index in [4.69, 9.17) is 9.47 Å². The van der Waals surface area contributed by atoms with E-state index in [9.17, 15) is 9.59 Å². The number of anilines is 1. The van der Waals surface area contributed by atoms with E-state index in [-0.39, 0.29) is 18.4 Å². The van der Waals surface area contributed by atoms with Crippen molar-refractivity contribution < 1.29 is 19.1 Å². The Bertz CT molecular complexity index is 1340. The van der Waals surface area contributed by atoms with Crippen molar-refractivity contribution >= 4 is 28.4 Å². The number of pyridine rings is 2. The number of nitrogens with one attached hydrogen (secondary N) is 1. The highest BCUT2D eigenvalue weighted by molar-refractivity contribution is 6.08. The molecule has 1 aliphatic heterocycles. The van der Waals surface area contributed by atoms with Crippen molar-refractivity contribution in [3.63, 3.8) is 0 Å². The first-order valence-corrected chi connectivity index (χ1v) is 10.4. The molecule has 0 unspecified atom stereocenters. The average molecular weight is 440 g/mol. The Hall–Kier alpha value is -4.46. The number of carbonyl (C=O) groups is 2. The van der Waals surface area contributed by atoms with Crippen molar-refractivity contribution in [3.05, 3.63) is 84.7 Å². The van der Waals surface area contributed by atoms with Crippen LogP contribution in [0, 0.1) is 0 Å². The summed E-state index contributed by atoms with van der Waals surface area (Å²) in [5, 5.41) is 3.58. The largest absolute Gasteiger partial charge is 0.489 e.